The SMILES string of the molecule is Cc1[nH]c(=S)sc1CC(=O)NCc1ccc(F)cc1. The van der Waals surface area contributed by atoms with Crippen LogP contribution in [-0.4, -0.2) is 10.9 Å². The summed E-state index contributed by atoms with van der Waals surface area (Å²) in [5, 5.41) is 2.80. The number of rotatable bonds is 4. The third kappa shape index (κ3) is 3.97. The molecule has 100 valence electrons. The molecule has 6 heteroatoms. The molecule has 0 unspecified atom stereocenters. The molecule has 3 nitrogen and oxygen atoms in total. The van der Waals surface area contributed by atoms with E-state index in [0.29, 0.717) is 16.9 Å². The Morgan fingerprint density at radius 3 is 2.68 bits per heavy atom. The van der Waals surface area contributed by atoms with Crippen molar-refractivity contribution < 1.29 is 9.18 Å². The van der Waals surface area contributed by atoms with Crippen LogP contribution in [-0.2, 0) is 17.8 Å². The van der Waals surface area contributed by atoms with E-state index in [1.807, 2.05) is 6.92 Å². The summed E-state index contributed by atoms with van der Waals surface area (Å²) in [7, 11) is 0. The second-order valence-corrected chi connectivity index (χ2v) is 5.91. The third-order valence-electron chi connectivity index (χ3n) is 2.65. The van der Waals surface area contributed by atoms with E-state index in [2.05, 4.69) is 10.3 Å². The Morgan fingerprint density at radius 1 is 1.42 bits per heavy atom. The molecule has 2 rings (SSSR count). The molecule has 2 aromatic rings. The molecule has 1 heterocycles. The van der Waals surface area contributed by atoms with Crippen molar-refractivity contribution in [1.29, 1.82) is 0 Å². The molecule has 1 aromatic heterocycles. The number of hydrogen-bond acceptors (Lipinski definition) is 3. The Balaban J connectivity index is 1.90. The number of amides is 1. The van der Waals surface area contributed by atoms with E-state index in [-0.39, 0.29) is 11.7 Å². The third-order valence-corrected chi connectivity index (χ3v) is 3.98. The summed E-state index contributed by atoms with van der Waals surface area (Å²) in [4.78, 5) is 15.7. The van der Waals surface area contributed by atoms with Crippen LogP contribution >= 0.6 is 23.6 Å². The first kappa shape index (κ1) is 13.9. The number of benzene rings is 1. The highest BCUT2D eigenvalue weighted by Gasteiger charge is 2.08. The molecule has 0 atom stereocenters. The van der Waals surface area contributed by atoms with Gasteiger partial charge in [-0.25, -0.2) is 4.39 Å². The maximum atomic E-state index is 12.7. The molecule has 0 aliphatic carbocycles. The van der Waals surface area contributed by atoms with Crippen LogP contribution in [0.25, 0.3) is 0 Å². The van der Waals surface area contributed by atoms with Crippen LogP contribution in [0.15, 0.2) is 24.3 Å². The molecule has 2 N–H and O–H groups in total. The number of aromatic nitrogens is 1. The molecule has 0 aliphatic rings. The summed E-state index contributed by atoms with van der Waals surface area (Å²) >= 11 is 6.44. The van der Waals surface area contributed by atoms with E-state index in [1.165, 1.54) is 23.5 Å². The summed E-state index contributed by atoms with van der Waals surface area (Å²) in [6.45, 7) is 2.29. The van der Waals surface area contributed by atoms with Gasteiger partial charge in [0, 0.05) is 17.1 Å². The van der Waals surface area contributed by atoms with Gasteiger partial charge in [0.15, 0.2) is 3.95 Å². The second-order valence-electron chi connectivity index (χ2n) is 4.14. The Hall–Kier alpha value is -1.53. The number of thiazole rings is 1. The maximum absolute atomic E-state index is 12.7. The van der Waals surface area contributed by atoms with E-state index in [0.717, 1.165) is 16.1 Å². The van der Waals surface area contributed by atoms with Gasteiger partial charge >= 0.3 is 0 Å². The van der Waals surface area contributed by atoms with Crippen molar-refractivity contribution in [3.05, 3.63) is 50.2 Å². The number of aryl methyl sites for hydroxylation is 1. The average molecular weight is 296 g/mol. The molecular formula is C13H13FN2OS2. The zero-order chi connectivity index (χ0) is 13.8. The van der Waals surface area contributed by atoms with Gasteiger partial charge in [0.1, 0.15) is 5.82 Å². The lowest BCUT2D eigenvalue weighted by atomic mass is 10.2. The predicted molar refractivity (Wildman–Crippen MR) is 76.2 cm³/mol. The first-order valence-electron chi connectivity index (χ1n) is 5.74. The fraction of sp³-hybridized carbons (Fsp3) is 0.231. The van der Waals surface area contributed by atoms with E-state index >= 15 is 0 Å². The van der Waals surface area contributed by atoms with Gasteiger partial charge in [0.25, 0.3) is 0 Å². The Bertz CT molecular complexity index is 631. The van der Waals surface area contributed by atoms with Crippen molar-refractivity contribution >= 4 is 29.5 Å². The van der Waals surface area contributed by atoms with Gasteiger partial charge in [0.05, 0.1) is 6.42 Å². The molecule has 1 aromatic carbocycles. The van der Waals surface area contributed by atoms with Crippen LogP contribution in [0.2, 0.25) is 0 Å². The first-order chi connectivity index (χ1) is 9.04. The number of carbonyl (C=O) groups excluding carboxylic acids is 1. The van der Waals surface area contributed by atoms with E-state index < -0.39 is 0 Å². The monoisotopic (exact) mass is 296 g/mol. The van der Waals surface area contributed by atoms with Gasteiger partial charge < -0.3 is 10.3 Å². The van der Waals surface area contributed by atoms with Crippen molar-refractivity contribution in [1.82, 2.24) is 10.3 Å². The number of hydrogen-bond donors (Lipinski definition) is 2. The Kier molecular flexibility index (Phi) is 4.44. The largest absolute Gasteiger partial charge is 0.352 e. The van der Waals surface area contributed by atoms with Crippen LogP contribution in [0.4, 0.5) is 4.39 Å². The van der Waals surface area contributed by atoms with Crippen molar-refractivity contribution in [2.45, 2.75) is 19.9 Å². The highest BCUT2D eigenvalue weighted by Crippen LogP contribution is 2.15. The van der Waals surface area contributed by atoms with Crippen molar-refractivity contribution in [3.63, 3.8) is 0 Å². The molecule has 0 radical (unpaired) electrons. The van der Waals surface area contributed by atoms with E-state index in [1.54, 1.807) is 12.1 Å². The minimum Gasteiger partial charge on any atom is -0.352 e. The van der Waals surface area contributed by atoms with Crippen molar-refractivity contribution in [2.75, 3.05) is 0 Å². The predicted octanol–water partition coefficient (Wildman–Crippen LogP) is 3.11. The standard InChI is InChI=1S/C13H13FN2OS2/c1-8-11(19-13(18)16-8)6-12(17)15-7-9-2-4-10(14)5-3-9/h2-5H,6-7H2,1H3,(H,15,17)(H,16,18). The zero-order valence-electron chi connectivity index (χ0n) is 10.3. The highest BCUT2D eigenvalue weighted by atomic mass is 32.1. The summed E-state index contributed by atoms with van der Waals surface area (Å²) in [6, 6.07) is 6.06. The molecule has 0 saturated carbocycles. The Labute approximate surface area is 119 Å². The summed E-state index contributed by atoms with van der Waals surface area (Å²) < 4.78 is 13.4. The van der Waals surface area contributed by atoms with Crippen LogP contribution < -0.4 is 5.32 Å². The van der Waals surface area contributed by atoms with Gasteiger partial charge in [-0.2, -0.15) is 0 Å². The number of aromatic amines is 1. The Morgan fingerprint density at radius 2 is 2.11 bits per heavy atom. The van der Waals surface area contributed by atoms with Gasteiger partial charge in [0.2, 0.25) is 5.91 Å². The molecule has 0 fully saturated rings. The lowest BCUT2D eigenvalue weighted by Gasteiger charge is -2.04. The zero-order valence-corrected chi connectivity index (χ0v) is 12.0. The molecule has 1 amide bonds. The molecule has 0 aliphatic heterocycles. The maximum Gasteiger partial charge on any atom is 0.225 e. The van der Waals surface area contributed by atoms with Crippen molar-refractivity contribution in [2.24, 2.45) is 0 Å². The number of nitrogens with one attached hydrogen (secondary N) is 2. The number of H-pyrrole nitrogens is 1. The average Bonchev–Trinajstić information content (AvgIpc) is 2.67. The van der Waals surface area contributed by atoms with Crippen LogP contribution in [0, 0.1) is 16.7 Å². The lowest BCUT2D eigenvalue weighted by molar-refractivity contribution is -0.120. The van der Waals surface area contributed by atoms with Crippen LogP contribution in [0.1, 0.15) is 16.1 Å². The molecular weight excluding hydrogens is 283 g/mol. The minimum atomic E-state index is -0.280. The normalized spacial score (nSPS) is 10.4. The van der Waals surface area contributed by atoms with E-state index in [9.17, 15) is 9.18 Å². The topological polar surface area (TPSA) is 44.9 Å². The molecule has 0 saturated heterocycles. The fourth-order valence-corrected chi connectivity index (χ4v) is 2.91. The van der Waals surface area contributed by atoms with E-state index in [4.69, 9.17) is 12.2 Å². The lowest BCUT2D eigenvalue weighted by Crippen LogP contribution is -2.24. The quantitative estimate of drug-likeness (QED) is 0.852. The van der Waals surface area contributed by atoms with Gasteiger partial charge in [-0.05, 0) is 36.8 Å². The highest BCUT2D eigenvalue weighted by molar-refractivity contribution is 7.73. The number of carbonyl (C=O) groups is 1. The fourth-order valence-electron chi connectivity index (χ4n) is 1.62. The van der Waals surface area contributed by atoms with Crippen molar-refractivity contribution in [3.8, 4) is 0 Å². The summed E-state index contributed by atoms with van der Waals surface area (Å²) in [6.07, 6.45) is 0.310. The summed E-state index contributed by atoms with van der Waals surface area (Å²) in [5.41, 5.74) is 1.81. The number of halogens is 1. The second kappa shape index (κ2) is 6.08. The van der Waals surface area contributed by atoms with Gasteiger partial charge in [-0.15, -0.1) is 11.3 Å². The minimum absolute atomic E-state index is 0.0716. The molecule has 0 bridgehead atoms. The van der Waals surface area contributed by atoms with Gasteiger partial charge in [-0.3, -0.25) is 4.79 Å². The smallest absolute Gasteiger partial charge is 0.225 e. The molecule has 19 heavy (non-hydrogen) atoms. The summed E-state index contributed by atoms with van der Waals surface area (Å²) in [5.74, 6) is -0.351. The van der Waals surface area contributed by atoms with Crippen LogP contribution in [0.5, 0.6) is 0 Å². The first-order valence-corrected chi connectivity index (χ1v) is 6.97. The molecule has 0 spiro atoms. The van der Waals surface area contributed by atoms with Crippen LogP contribution in [0.3, 0.4) is 0 Å². The van der Waals surface area contributed by atoms with Gasteiger partial charge in [-0.1, -0.05) is 12.1 Å².